The molecule has 7 heterocycles. The molecule has 7 fully saturated rings. The molecule has 25 N–H and O–H groups in total. The Hall–Kier alpha value is -3.29. The van der Waals surface area contributed by atoms with Crippen molar-refractivity contribution in [3.05, 3.63) is 0 Å². The minimum atomic E-state index is -5.14. The van der Waals surface area contributed by atoms with Crippen LogP contribution in [0.3, 0.4) is 0 Å². The molecule has 0 aliphatic carbocycles. The van der Waals surface area contributed by atoms with Crippen molar-refractivity contribution in [3.8, 4) is 0 Å². The second-order valence-electron chi connectivity index (χ2n) is 23.8. The van der Waals surface area contributed by atoms with Crippen LogP contribution in [0.4, 0.5) is 0 Å². The lowest BCUT2D eigenvalue weighted by atomic mass is 9.93. The standard InChI is InChI=1S/C52H90N5O39P/c1-14(63)54-25-34(72)41(21(10-61)85-46(25)79)92-48-27(56-16(3)65)35(73)42(22(11-62)89-48)94-51-40(78)44(32(70)23(90-51)12-82-50-39(77)37(75)30(68)19(8-59)87-50)95-52-45(38(76)31(69)20(9-60)88-52)96-49-28(57-17(4)66)36(74)43(24(91-49)13-84-97(80,81)83-6-5-53)93-47-26(55-15(2)64)33(71)29(67)18(7-58)86-47/h18-52,58-62,67-79H,5-13,53H2,1-4H3,(H,54,63)(H,55,64)(H,56,65)(H,57,66)(H,80,81)/t18-,19-,20-,21-,22-,23-,24-,25-,26-,27-,28-,29+,30-,31-,32-,33-,34-,35-,36-,37+,38+,39+,40+,41-,42-,43-,44+,45+,46-,47+,48+,49+,50+,51+,52-/m1/s1. The van der Waals surface area contributed by atoms with Gasteiger partial charge >= 0.3 is 7.82 Å². The van der Waals surface area contributed by atoms with Crippen LogP contribution in [0.25, 0.3) is 0 Å². The highest BCUT2D eigenvalue weighted by molar-refractivity contribution is 7.47. The van der Waals surface area contributed by atoms with Crippen molar-refractivity contribution in [2.75, 3.05) is 59.4 Å². The van der Waals surface area contributed by atoms with E-state index < -0.39 is 299 Å². The summed E-state index contributed by atoms with van der Waals surface area (Å²) in [7, 11) is -5.14. The van der Waals surface area contributed by atoms with Gasteiger partial charge in [-0.2, -0.15) is 0 Å². The molecular formula is C52H90N5O39P. The summed E-state index contributed by atoms with van der Waals surface area (Å²) in [5.41, 5.74) is 5.44. The highest BCUT2D eigenvalue weighted by atomic mass is 31.2. The van der Waals surface area contributed by atoms with Crippen LogP contribution in [-0.2, 0) is 94.4 Å². The molecule has 4 amide bonds. The summed E-state index contributed by atoms with van der Waals surface area (Å²) in [4.78, 5) is 60.9. The van der Waals surface area contributed by atoms with Crippen molar-refractivity contribution in [1.82, 2.24) is 21.3 Å². The Labute approximate surface area is 550 Å². The molecule has 7 rings (SSSR count). The molecule has 36 atom stereocenters. The number of rotatable bonds is 28. The molecule has 0 radical (unpaired) electrons. The number of carbonyl (C=O) groups excluding carboxylic acids is 4. The summed E-state index contributed by atoms with van der Waals surface area (Å²) in [5.74, 6) is -3.47. The van der Waals surface area contributed by atoms with E-state index in [2.05, 4.69) is 21.3 Å². The van der Waals surface area contributed by atoms with Crippen LogP contribution >= 0.6 is 7.82 Å². The maximum atomic E-state index is 13.1. The van der Waals surface area contributed by atoms with E-state index in [1.54, 1.807) is 0 Å². The van der Waals surface area contributed by atoms with Crippen molar-refractivity contribution in [1.29, 1.82) is 0 Å². The Kier molecular flexibility index (Phi) is 29.8. The maximum absolute atomic E-state index is 13.1. The zero-order valence-electron chi connectivity index (χ0n) is 52.3. The topological polar surface area (TPSA) is 682 Å². The summed E-state index contributed by atoms with van der Waals surface area (Å²) in [6.07, 6.45) is -63.6. The van der Waals surface area contributed by atoms with Crippen LogP contribution in [0.1, 0.15) is 27.7 Å². The number of nitrogens with one attached hydrogen (secondary N) is 4. The molecule has 0 aromatic heterocycles. The van der Waals surface area contributed by atoms with Crippen LogP contribution in [0, 0.1) is 0 Å². The average Bonchev–Trinajstić information content (AvgIpc) is 0.772. The van der Waals surface area contributed by atoms with E-state index in [0.29, 0.717) is 0 Å². The van der Waals surface area contributed by atoms with Crippen LogP contribution in [0.15, 0.2) is 0 Å². The number of hydrogen-bond acceptors (Lipinski definition) is 39. The van der Waals surface area contributed by atoms with Gasteiger partial charge in [-0.3, -0.25) is 28.2 Å². The van der Waals surface area contributed by atoms with Gasteiger partial charge in [0.15, 0.2) is 44.0 Å². The summed E-state index contributed by atoms with van der Waals surface area (Å²) in [6, 6.07) is -7.19. The van der Waals surface area contributed by atoms with Crippen molar-refractivity contribution in [2.24, 2.45) is 5.73 Å². The predicted molar refractivity (Wildman–Crippen MR) is 302 cm³/mol. The van der Waals surface area contributed by atoms with E-state index in [1.807, 2.05) is 0 Å². The fourth-order valence-electron chi connectivity index (χ4n) is 11.9. The van der Waals surface area contributed by atoms with Crippen molar-refractivity contribution < 1.29 is 191 Å². The average molecular weight is 1440 g/mol. The number of phosphoric ester groups is 1. The molecule has 7 aliphatic rings. The first kappa shape index (κ1) is 81.0. The molecule has 1 unspecified atom stereocenters. The fraction of sp³-hybridized carbons (Fsp3) is 0.923. The van der Waals surface area contributed by atoms with Gasteiger partial charge in [-0.1, -0.05) is 0 Å². The summed E-state index contributed by atoms with van der Waals surface area (Å²) in [6.45, 7) is -4.34. The Morgan fingerprint density at radius 2 is 0.732 bits per heavy atom. The number of ether oxygens (including phenoxy) is 13. The molecule has 0 saturated carbocycles. The first-order valence-electron chi connectivity index (χ1n) is 30.5. The van der Waals surface area contributed by atoms with Gasteiger partial charge < -0.3 is 185 Å². The first-order valence-corrected chi connectivity index (χ1v) is 32.0. The van der Waals surface area contributed by atoms with Crippen LogP contribution in [0.2, 0.25) is 0 Å². The molecule has 7 saturated heterocycles. The molecule has 0 spiro atoms. The largest absolute Gasteiger partial charge is 0.472 e. The lowest BCUT2D eigenvalue weighted by Gasteiger charge is -2.51. The van der Waals surface area contributed by atoms with E-state index in [0.717, 1.165) is 27.7 Å². The lowest BCUT2D eigenvalue weighted by molar-refractivity contribution is -0.396. The van der Waals surface area contributed by atoms with Gasteiger partial charge in [0.2, 0.25) is 23.6 Å². The third kappa shape index (κ3) is 19.3. The van der Waals surface area contributed by atoms with Crippen LogP contribution < -0.4 is 27.0 Å². The molecule has 0 aromatic carbocycles. The molecule has 7 aliphatic heterocycles. The maximum Gasteiger partial charge on any atom is 0.472 e. The van der Waals surface area contributed by atoms with Gasteiger partial charge in [0.1, 0.15) is 171 Å². The Morgan fingerprint density at radius 3 is 1.23 bits per heavy atom. The number of phosphoric acid groups is 1. The van der Waals surface area contributed by atoms with Crippen molar-refractivity contribution in [2.45, 2.75) is 242 Å². The quantitative estimate of drug-likeness (QED) is 0.0324. The Morgan fingerprint density at radius 1 is 0.361 bits per heavy atom. The molecule has 0 aromatic rings. The second kappa shape index (κ2) is 35.7. The highest BCUT2D eigenvalue weighted by Gasteiger charge is 2.59. The van der Waals surface area contributed by atoms with Crippen LogP contribution in [-0.4, -0.2) is 395 Å². The van der Waals surface area contributed by atoms with E-state index >= 15 is 0 Å². The van der Waals surface area contributed by atoms with E-state index in [1.165, 1.54) is 0 Å². The molecule has 45 heteroatoms. The molecule has 44 nitrogen and oxygen atoms in total. The predicted octanol–water partition coefficient (Wildman–Crippen LogP) is -15.6. The lowest BCUT2D eigenvalue weighted by Crippen LogP contribution is -2.71. The number of nitrogens with two attached hydrogens (primary N) is 1. The van der Waals surface area contributed by atoms with Gasteiger partial charge in [0.05, 0.1) is 52.9 Å². The number of aliphatic hydroxyl groups is 18. The zero-order valence-corrected chi connectivity index (χ0v) is 53.2. The van der Waals surface area contributed by atoms with Gasteiger partial charge in [-0.05, 0) is 0 Å². The van der Waals surface area contributed by atoms with Gasteiger partial charge in [0, 0.05) is 34.2 Å². The zero-order chi connectivity index (χ0) is 71.8. The van der Waals surface area contributed by atoms with E-state index in [4.69, 9.17) is 76.4 Å². The summed E-state index contributed by atoms with van der Waals surface area (Å²) < 4.78 is 99.9. The number of carbonyl (C=O) groups is 4. The molecule has 97 heavy (non-hydrogen) atoms. The minimum Gasteiger partial charge on any atom is -0.394 e. The Bertz CT molecular complexity index is 2570. The summed E-state index contributed by atoms with van der Waals surface area (Å²) in [5, 5.41) is 209. The molecule has 562 valence electrons. The smallest absolute Gasteiger partial charge is 0.394 e. The van der Waals surface area contributed by atoms with Crippen molar-refractivity contribution >= 4 is 31.5 Å². The SMILES string of the molecule is CC(=O)N[C@@H]1[C@@H](O)[C@H](O[C@@H]2O[C@H](CO)[C@@H](O[C@@H]3O[C@H](CO[C@H]4O[C@H](CO)[C@@H](O)[C@H](O)[C@@H]4O)[C@@H](O)[C@H](O[C@H]4O[C@H](CO)[C@@H](O)[C@H](O)[C@@H]4O[C@@H]4O[C@H](COP(=O)(O)OCCN)[C@@H](O[C@@H]5O[C@H](CO)[C@H](O)[C@H](O)[C@H]5NC(C)=O)[C@H](O)[C@H]4NC(C)=O)[C@@H]3O)[C@H](O)[C@H]2NC(C)=O)[C@@H](CO)O[C@H]1O. The van der Waals surface area contributed by atoms with Crippen LogP contribution in [0.5, 0.6) is 0 Å². The monoisotopic (exact) mass is 1440 g/mol. The molecule has 0 bridgehead atoms. The van der Waals surface area contributed by atoms with Gasteiger partial charge in [-0.15, -0.1) is 0 Å². The number of aliphatic hydroxyl groups excluding tert-OH is 18. The summed E-state index contributed by atoms with van der Waals surface area (Å²) >= 11 is 0. The minimum absolute atomic E-state index is 0.309. The second-order valence-corrected chi connectivity index (χ2v) is 25.2. The highest BCUT2D eigenvalue weighted by Crippen LogP contribution is 2.45. The fourth-order valence-corrected chi connectivity index (χ4v) is 12.6. The normalized spacial score (nSPS) is 45.7. The van der Waals surface area contributed by atoms with Crippen molar-refractivity contribution in [3.63, 3.8) is 0 Å². The first-order chi connectivity index (χ1) is 45.7. The number of amides is 4. The van der Waals surface area contributed by atoms with E-state index in [-0.39, 0.29) is 6.54 Å². The van der Waals surface area contributed by atoms with E-state index in [9.17, 15) is 121 Å². The Balaban J connectivity index is 1.24. The third-order valence-corrected chi connectivity index (χ3v) is 17.7. The molecular weight excluding hydrogens is 1350 g/mol. The van der Waals surface area contributed by atoms with Gasteiger partial charge in [-0.25, -0.2) is 4.57 Å². The van der Waals surface area contributed by atoms with Gasteiger partial charge in [0.25, 0.3) is 0 Å². The third-order valence-electron chi connectivity index (χ3n) is 16.7. The number of hydrogen-bond donors (Lipinski definition) is 24.